The van der Waals surface area contributed by atoms with E-state index in [9.17, 15) is 19.2 Å². The number of benzene rings is 1. The van der Waals surface area contributed by atoms with Crippen molar-refractivity contribution in [3.8, 4) is 11.5 Å². The van der Waals surface area contributed by atoms with Crippen molar-refractivity contribution in [3.05, 3.63) is 38.5 Å². The van der Waals surface area contributed by atoms with Gasteiger partial charge in [-0.15, -0.1) is 0 Å². The van der Waals surface area contributed by atoms with Crippen LogP contribution in [0, 0.1) is 12.3 Å². The Labute approximate surface area is 239 Å². The van der Waals surface area contributed by atoms with E-state index in [-0.39, 0.29) is 25.1 Å². The molecule has 0 aromatic heterocycles. The van der Waals surface area contributed by atoms with Crippen molar-refractivity contribution in [1.29, 1.82) is 0 Å². The molecule has 2 aliphatic rings. The van der Waals surface area contributed by atoms with E-state index < -0.39 is 31.0 Å². The number of ether oxygens (including phenoxy) is 2. The van der Waals surface area contributed by atoms with Gasteiger partial charge in [-0.3, -0.25) is 28.4 Å². The average molecular weight is 592 g/mol. The van der Waals surface area contributed by atoms with Gasteiger partial charge in [0.1, 0.15) is 0 Å². The van der Waals surface area contributed by atoms with Gasteiger partial charge in [0.15, 0.2) is 33.5 Å². The molecule has 0 bridgehead atoms. The number of nitrogens with one attached hydrogen (secondary N) is 1. The van der Waals surface area contributed by atoms with Crippen LogP contribution < -0.4 is 16.1 Å². The molecule has 0 saturated heterocycles. The second-order valence-corrected chi connectivity index (χ2v) is 12.4. The third kappa shape index (κ3) is 8.79. The van der Waals surface area contributed by atoms with Crippen molar-refractivity contribution in [2.75, 3.05) is 38.7 Å². The summed E-state index contributed by atoms with van der Waals surface area (Å²) in [5.41, 5.74) is 1.65. The molecule has 1 aromatic carbocycles. The van der Waals surface area contributed by atoms with E-state index >= 15 is 0 Å². The van der Waals surface area contributed by atoms with Crippen LogP contribution in [0.15, 0.2) is 21.7 Å². The smallest absolute Gasteiger partial charge is 0.349 e. The first-order valence-electron chi connectivity index (χ1n) is 13.3. The van der Waals surface area contributed by atoms with Gasteiger partial charge in [0, 0.05) is 32.5 Å². The highest BCUT2D eigenvalue weighted by Gasteiger charge is 2.24. The molecule has 0 fully saturated rings. The Kier molecular flexibility index (Phi) is 11.3. The number of aromatic amines is 1. The highest BCUT2D eigenvalue weighted by molar-refractivity contribution is 7.47. The summed E-state index contributed by atoms with van der Waals surface area (Å²) < 4.78 is 22.8. The lowest BCUT2D eigenvalue weighted by molar-refractivity contribution is -0.159. The van der Waals surface area contributed by atoms with Crippen LogP contribution in [0.5, 0.6) is 0 Å². The third-order valence-electron chi connectivity index (χ3n) is 6.21. The quantitative estimate of drug-likeness (QED) is 0.0689. The minimum atomic E-state index is -1.43. The summed E-state index contributed by atoms with van der Waals surface area (Å²) in [5.74, 6) is -0.135. The van der Waals surface area contributed by atoms with E-state index in [0.29, 0.717) is 24.7 Å². The molecule has 3 rings (SSSR count). The summed E-state index contributed by atoms with van der Waals surface area (Å²) in [6.07, 6.45) is 3.75. The molecule has 1 atom stereocenters. The molecule has 0 radical (unpaired) electrons. The Morgan fingerprint density at radius 2 is 1.78 bits per heavy atom. The van der Waals surface area contributed by atoms with E-state index in [1.165, 1.54) is 0 Å². The molecule has 1 unspecified atom stereocenters. The predicted molar refractivity (Wildman–Crippen MR) is 155 cm³/mol. The first kappa shape index (κ1) is 32.1. The van der Waals surface area contributed by atoms with Crippen LogP contribution in [0.2, 0.25) is 0 Å². The van der Waals surface area contributed by atoms with Gasteiger partial charge in [-0.2, -0.15) is 4.98 Å². The van der Waals surface area contributed by atoms with Crippen LogP contribution in [0.4, 0.5) is 5.69 Å². The number of aromatic nitrogens is 4. The van der Waals surface area contributed by atoms with Gasteiger partial charge in [0.05, 0.1) is 16.4 Å². The summed E-state index contributed by atoms with van der Waals surface area (Å²) >= 11 is 0. The topological polar surface area (TPSA) is 155 Å². The largest absolute Gasteiger partial charge is 0.440 e. The highest BCUT2D eigenvalue weighted by Crippen LogP contribution is 2.39. The number of esters is 1. The molecule has 41 heavy (non-hydrogen) atoms. The maximum absolute atomic E-state index is 12.5. The van der Waals surface area contributed by atoms with E-state index in [1.807, 2.05) is 42.6 Å². The second kappa shape index (κ2) is 14.5. The summed E-state index contributed by atoms with van der Waals surface area (Å²) in [6, 6.07) is 3.93. The molecule has 0 amide bonds. The molecule has 224 valence electrons. The summed E-state index contributed by atoms with van der Waals surface area (Å²) in [6.45, 7) is 7.55. The number of aryl methyl sites for hydroxylation is 2. The number of carbonyl (C=O) groups is 2. The zero-order valence-electron chi connectivity index (χ0n) is 24.4. The SMILES string of the molecule is Cc1cc2nc3c(=O)[nH]c(=O)nc-3n(CCCCCCP(OCOC=O)OCOC(=O)C(C)(C)C)c2cc1N(C)C. The van der Waals surface area contributed by atoms with Crippen LogP contribution in [0.3, 0.4) is 0 Å². The number of nitrogens with zero attached hydrogens (tertiary/aromatic N) is 4. The van der Waals surface area contributed by atoms with Gasteiger partial charge in [0.25, 0.3) is 12.0 Å². The fourth-order valence-electron chi connectivity index (χ4n) is 4.15. The van der Waals surface area contributed by atoms with Crippen LogP contribution in [0.1, 0.15) is 52.0 Å². The summed E-state index contributed by atoms with van der Waals surface area (Å²) in [5, 5.41) is 0. The molecular weight excluding hydrogens is 553 g/mol. The van der Waals surface area contributed by atoms with Gasteiger partial charge >= 0.3 is 11.7 Å². The fraction of sp³-hybridized carbons (Fsp3) is 0.556. The zero-order chi connectivity index (χ0) is 30.2. The second-order valence-electron chi connectivity index (χ2n) is 10.7. The fourth-order valence-corrected chi connectivity index (χ4v) is 5.31. The molecule has 0 saturated carbocycles. The van der Waals surface area contributed by atoms with Gasteiger partial charge in [-0.1, -0.05) is 12.8 Å². The number of unbranched alkanes of at least 4 members (excludes halogenated alkanes) is 3. The number of rotatable bonds is 15. The lowest BCUT2D eigenvalue weighted by Crippen LogP contribution is -2.29. The number of carbonyl (C=O) groups excluding carboxylic acids is 2. The Bertz CT molecular complexity index is 1430. The van der Waals surface area contributed by atoms with Gasteiger partial charge in [0.2, 0.25) is 0 Å². The Morgan fingerprint density at radius 1 is 1.07 bits per heavy atom. The molecule has 13 nitrogen and oxygen atoms in total. The van der Waals surface area contributed by atoms with E-state index in [4.69, 9.17) is 13.8 Å². The number of hydrogen-bond donors (Lipinski definition) is 1. The van der Waals surface area contributed by atoms with Crippen LogP contribution in [-0.2, 0) is 34.7 Å². The van der Waals surface area contributed by atoms with Crippen LogP contribution >= 0.6 is 8.38 Å². The van der Waals surface area contributed by atoms with E-state index in [0.717, 1.165) is 42.5 Å². The highest BCUT2D eigenvalue weighted by atomic mass is 31.2. The van der Waals surface area contributed by atoms with Crippen molar-refractivity contribution < 1.29 is 28.1 Å². The summed E-state index contributed by atoms with van der Waals surface area (Å²) in [4.78, 5) is 59.8. The lowest BCUT2D eigenvalue weighted by atomic mass is 9.98. The van der Waals surface area contributed by atoms with Gasteiger partial charge in [-0.25, -0.2) is 9.78 Å². The third-order valence-corrected chi connectivity index (χ3v) is 7.68. The van der Waals surface area contributed by atoms with Crippen LogP contribution in [-0.4, -0.2) is 65.8 Å². The molecule has 2 heterocycles. The minimum Gasteiger partial charge on any atom is -0.440 e. The van der Waals surface area contributed by atoms with Gasteiger partial charge in [-0.05, 0) is 58.2 Å². The monoisotopic (exact) mass is 591 g/mol. The first-order chi connectivity index (χ1) is 19.4. The minimum absolute atomic E-state index is 0.124. The average Bonchev–Trinajstić information content (AvgIpc) is 2.89. The summed E-state index contributed by atoms with van der Waals surface area (Å²) in [7, 11) is 2.47. The molecule has 14 heteroatoms. The molecule has 0 aliphatic carbocycles. The molecule has 1 N–H and O–H groups in total. The van der Waals surface area contributed by atoms with Crippen molar-refractivity contribution in [1.82, 2.24) is 19.5 Å². The standard InChI is InChI=1S/C27H38N5O8P/c1-18-13-19-21(14-20(18)31(5)6)32(23-22(28-19)24(34)30-26(36)29-23)11-9-7-8-10-12-41(39-16-37-15-33)40-17-38-25(35)27(2,3)4/h13-15H,7-12,16-17H2,1-6H3,(H,30,34,36). The Hall–Kier alpha value is -3.41. The molecule has 2 aliphatic heterocycles. The normalized spacial score (nSPS) is 12.4. The van der Waals surface area contributed by atoms with Crippen molar-refractivity contribution >= 4 is 37.5 Å². The predicted octanol–water partition coefficient (Wildman–Crippen LogP) is 3.54. The van der Waals surface area contributed by atoms with Crippen LogP contribution in [0.25, 0.3) is 22.6 Å². The number of anilines is 1. The molecular formula is C27H38N5O8P. The van der Waals surface area contributed by atoms with E-state index in [1.54, 1.807) is 20.8 Å². The number of hydrogen-bond acceptors (Lipinski definition) is 11. The zero-order valence-corrected chi connectivity index (χ0v) is 25.3. The van der Waals surface area contributed by atoms with E-state index in [2.05, 4.69) is 19.7 Å². The van der Waals surface area contributed by atoms with Crippen molar-refractivity contribution in [3.63, 3.8) is 0 Å². The van der Waals surface area contributed by atoms with Crippen molar-refractivity contribution in [2.45, 2.75) is 59.9 Å². The maximum atomic E-state index is 12.5. The maximum Gasteiger partial charge on any atom is 0.349 e. The van der Waals surface area contributed by atoms with Crippen molar-refractivity contribution in [2.24, 2.45) is 5.41 Å². The number of fused-ring (bicyclic) bond motifs is 2. The lowest BCUT2D eigenvalue weighted by Gasteiger charge is -2.21. The number of H-pyrrole nitrogens is 1. The van der Waals surface area contributed by atoms with Gasteiger partial charge < -0.3 is 18.9 Å². The molecule has 0 spiro atoms. The molecule has 1 aromatic rings. The first-order valence-corrected chi connectivity index (χ1v) is 14.7. The Morgan fingerprint density at radius 3 is 2.46 bits per heavy atom. The Balaban J connectivity index is 1.65.